The zero-order valence-electron chi connectivity index (χ0n) is 13.9. The minimum Gasteiger partial charge on any atom is -0.378 e. The number of carbonyl (C=O) groups is 2. The molecule has 0 aromatic heterocycles. The fraction of sp³-hybridized carbons (Fsp3) is 0.353. The molecule has 116 valence electrons. The second-order valence-corrected chi connectivity index (χ2v) is 5.74. The molecule has 1 aromatic carbocycles. The largest absolute Gasteiger partial charge is 0.378 e. The maximum Gasteiger partial charge on any atom is 0.279 e. The van der Waals surface area contributed by atoms with Crippen LogP contribution in [0.4, 0.5) is 11.4 Å². The average Bonchev–Trinajstić information content (AvgIpc) is 2.48. The highest BCUT2D eigenvalue weighted by Gasteiger charge is 2.31. The highest BCUT2D eigenvalue weighted by Crippen LogP contribution is 2.26. The zero-order chi connectivity index (χ0) is 16.6. The van der Waals surface area contributed by atoms with E-state index in [2.05, 4.69) is 4.99 Å². The standard InChI is InChI=1S/C17H21N3O2/c1-10-9-13(19(4)5)7-8-14(10)18-15-11(2)12(3)16(21)20(6)17(15)22/h7-9H,1-6H3. The highest BCUT2D eigenvalue weighted by atomic mass is 16.2. The van der Waals surface area contributed by atoms with Crippen LogP contribution in [0.25, 0.3) is 0 Å². The Labute approximate surface area is 130 Å². The Morgan fingerprint density at radius 2 is 1.64 bits per heavy atom. The summed E-state index contributed by atoms with van der Waals surface area (Å²) in [5, 5.41) is 0. The molecule has 5 heteroatoms. The Bertz CT molecular complexity index is 715. The van der Waals surface area contributed by atoms with Crippen LogP contribution in [0.15, 0.2) is 34.3 Å². The number of anilines is 1. The number of carbonyl (C=O) groups excluding carboxylic acids is 2. The van der Waals surface area contributed by atoms with Gasteiger partial charge in [-0.2, -0.15) is 0 Å². The molecule has 0 spiro atoms. The van der Waals surface area contributed by atoms with E-state index in [9.17, 15) is 9.59 Å². The van der Waals surface area contributed by atoms with Gasteiger partial charge in [-0.3, -0.25) is 14.5 Å². The molecule has 0 unspecified atom stereocenters. The third-order valence-electron chi connectivity index (χ3n) is 3.98. The fourth-order valence-electron chi connectivity index (χ4n) is 2.30. The molecule has 1 aromatic rings. The van der Waals surface area contributed by atoms with Crippen LogP contribution in [0.5, 0.6) is 0 Å². The Balaban J connectivity index is 2.53. The van der Waals surface area contributed by atoms with Crippen LogP contribution in [0.2, 0.25) is 0 Å². The minimum absolute atomic E-state index is 0.263. The SMILES string of the molecule is CC1=C(C)C(=Nc2ccc(N(C)C)cc2C)C(=O)N(C)C1=O. The average molecular weight is 299 g/mol. The van der Waals surface area contributed by atoms with E-state index in [1.54, 1.807) is 13.8 Å². The maximum absolute atomic E-state index is 12.3. The van der Waals surface area contributed by atoms with E-state index in [0.717, 1.165) is 21.8 Å². The van der Waals surface area contributed by atoms with Gasteiger partial charge in [0.15, 0.2) is 0 Å². The van der Waals surface area contributed by atoms with Gasteiger partial charge in [-0.15, -0.1) is 0 Å². The molecule has 0 saturated heterocycles. The predicted molar refractivity (Wildman–Crippen MR) is 88.8 cm³/mol. The number of hydrogen-bond acceptors (Lipinski definition) is 4. The van der Waals surface area contributed by atoms with E-state index in [4.69, 9.17) is 0 Å². The van der Waals surface area contributed by atoms with Crippen LogP contribution < -0.4 is 4.90 Å². The molecule has 0 radical (unpaired) electrons. The van der Waals surface area contributed by atoms with Gasteiger partial charge in [-0.05, 0) is 50.1 Å². The Morgan fingerprint density at radius 3 is 2.18 bits per heavy atom. The van der Waals surface area contributed by atoms with Gasteiger partial charge in [0.1, 0.15) is 5.71 Å². The summed E-state index contributed by atoms with van der Waals surface area (Å²) >= 11 is 0. The molecule has 0 fully saturated rings. The van der Waals surface area contributed by atoms with Gasteiger partial charge < -0.3 is 4.90 Å². The van der Waals surface area contributed by atoms with E-state index in [0.29, 0.717) is 16.9 Å². The minimum atomic E-state index is -0.357. The first-order valence-corrected chi connectivity index (χ1v) is 7.11. The number of hydrogen-bond donors (Lipinski definition) is 0. The van der Waals surface area contributed by atoms with Crippen LogP contribution in [0.1, 0.15) is 19.4 Å². The van der Waals surface area contributed by atoms with Gasteiger partial charge in [0.2, 0.25) is 0 Å². The number of likely N-dealkylation sites (N-methyl/N-ethyl adjacent to an activating group) is 1. The van der Waals surface area contributed by atoms with E-state index < -0.39 is 0 Å². The third-order valence-corrected chi connectivity index (χ3v) is 3.98. The zero-order valence-corrected chi connectivity index (χ0v) is 13.9. The lowest BCUT2D eigenvalue weighted by atomic mass is 9.99. The fourth-order valence-corrected chi connectivity index (χ4v) is 2.30. The summed E-state index contributed by atoms with van der Waals surface area (Å²) in [4.78, 5) is 31.9. The number of imide groups is 1. The van der Waals surface area contributed by atoms with Gasteiger partial charge in [-0.25, -0.2) is 4.99 Å². The second-order valence-electron chi connectivity index (χ2n) is 5.74. The van der Waals surface area contributed by atoms with Crippen LogP contribution >= 0.6 is 0 Å². The maximum atomic E-state index is 12.3. The van der Waals surface area contributed by atoms with Gasteiger partial charge >= 0.3 is 0 Å². The first-order chi connectivity index (χ1) is 10.2. The Morgan fingerprint density at radius 1 is 1.00 bits per heavy atom. The summed E-state index contributed by atoms with van der Waals surface area (Å²) in [5.74, 6) is -0.620. The van der Waals surface area contributed by atoms with E-state index in [1.165, 1.54) is 7.05 Å². The third kappa shape index (κ3) is 2.66. The van der Waals surface area contributed by atoms with Crippen LogP contribution in [-0.2, 0) is 9.59 Å². The monoisotopic (exact) mass is 299 g/mol. The lowest BCUT2D eigenvalue weighted by molar-refractivity contribution is -0.137. The summed E-state index contributed by atoms with van der Waals surface area (Å²) in [6.45, 7) is 5.44. The first-order valence-electron chi connectivity index (χ1n) is 7.11. The molecular weight excluding hydrogens is 278 g/mol. The summed E-state index contributed by atoms with van der Waals surface area (Å²) in [6.07, 6.45) is 0. The Kier molecular flexibility index (Phi) is 4.17. The van der Waals surface area contributed by atoms with Gasteiger partial charge in [0, 0.05) is 32.4 Å². The van der Waals surface area contributed by atoms with Crippen LogP contribution in [-0.4, -0.2) is 43.6 Å². The molecule has 1 heterocycles. The molecule has 2 rings (SSSR count). The molecule has 0 aliphatic carbocycles. The van der Waals surface area contributed by atoms with Gasteiger partial charge in [0.25, 0.3) is 11.8 Å². The number of rotatable bonds is 2. The number of aliphatic imine (C=N–C) groups is 1. The molecule has 0 saturated carbocycles. The molecule has 5 nitrogen and oxygen atoms in total. The molecule has 0 bridgehead atoms. The number of nitrogens with zero attached hydrogens (tertiary/aromatic N) is 3. The Hall–Kier alpha value is -2.43. The quantitative estimate of drug-likeness (QED) is 0.788. The van der Waals surface area contributed by atoms with Crippen molar-refractivity contribution in [2.24, 2.45) is 4.99 Å². The van der Waals surface area contributed by atoms with Crippen LogP contribution in [0.3, 0.4) is 0 Å². The number of aryl methyl sites for hydroxylation is 1. The second kappa shape index (κ2) is 5.75. The summed E-state index contributed by atoms with van der Waals surface area (Å²) in [7, 11) is 5.43. The van der Waals surface area contributed by atoms with Crippen molar-refractivity contribution < 1.29 is 9.59 Å². The van der Waals surface area contributed by atoms with Crippen molar-refractivity contribution >= 4 is 28.9 Å². The van der Waals surface area contributed by atoms with Crippen molar-refractivity contribution in [1.82, 2.24) is 4.90 Å². The molecule has 1 aliphatic rings. The number of amides is 2. The van der Waals surface area contributed by atoms with Gasteiger partial charge in [0.05, 0.1) is 5.69 Å². The molecule has 22 heavy (non-hydrogen) atoms. The first kappa shape index (κ1) is 15.9. The molecular formula is C17H21N3O2. The van der Waals surface area contributed by atoms with Gasteiger partial charge in [-0.1, -0.05) is 0 Å². The molecule has 2 amide bonds. The lowest BCUT2D eigenvalue weighted by Gasteiger charge is -2.24. The van der Waals surface area contributed by atoms with Crippen molar-refractivity contribution in [3.8, 4) is 0 Å². The normalized spacial score (nSPS) is 17.5. The number of benzene rings is 1. The topological polar surface area (TPSA) is 53.0 Å². The van der Waals surface area contributed by atoms with Crippen molar-refractivity contribution in [2.45, 2.75) is 20.8 Å². The van der Waals surface area contributed by atoms with E-state index in [1.807, 2.05) is 44.1 Å². The summed E-state index contributed by atoms with van der Waals surface area (Å²) in [6, 6.07) is 5.87. The van der Waals surface area contributed by atoms with Crippen LogP contribution in [0, 0.1) is 6.92 Å². The molecule has 0 N–H and O–H groups in total. The summed E-state index contributed by atoms with van der Waals surface area (Å²) < 4.78 is 0. The van der Waals surface area contributed by atoms with E-state index in [-0.39, 0.29) is 11.8 Å². The van der Waals surface area contributed by atoms with Crippen molar-refractivity contribution in [3.05, 3.63) is 34.9 Å². The summed E-state index contributed by atoms with van der Waals surface area (Å²) in [5.41, 5.74) is 4.33. The predicted octanol–water partition coefficient (Wildman–Crippen LogP) is 2.47. The van der Waals surface area contributed by atoms with E-state index >= 15 is 0 Å². The lowest BCUT2D eigenvalue weighted by Crippen LogP contribution is -2.43. The van der Waals surface area contributed by atoms with Crippen molar-refractivity contribution in [1.29, 1.82) is 0 Å². The van der Waals surface area contributed by atoms with Crippen molar-refractivity contribution in [2.75, 3.05) is 26.0 Å². The smallest absolute Gasteiger partial charge is 0.279 e. The molecule has 1 aliphatic heterocycles. The highest BCUT2D eigenvalue weighted by molar-refractivity contribution is 6.50. The van der Waals surface area contributed by atoms with Crippen molar-refractivity contribution in [3.63, 3.8) is 0 Å². The molecule has 0 atom stereocenters.